The second-order valence-electron chi connectivity index (χ2n) is 7.75. The first kappa shape index (κ1) is 23.0. The van der Waals surface area contributed by atoms with E-state index < -0.39 is 0 Å². The number of methoxy groups -OCH3 is 3. The summed E-state index contributed by atoms with van der Waals surface area (Å²) in [6.45, 7) is 2.39. The van der Waals surface area contributed by atoms with Crippen LogP contribution in [0.25, 0.3) is 0 Å². The molecule has 3 aromatic carbocycles. The molecule has 1 heterocycles. The van der Waals surface area contributed by atoms with Crippen molar-refractivity contribution in [1.82, 2.24) is 0 Å². The predicted molar refractivity (Wildman–Crippen MR) is 128 cm³/mol. The summed E-state index contributed by atoms with van der Waals surface area (Å²) in [6, 6.07) is 16.3. The molecule has 0 fully saturated rings. The van der Waals surface area contributed by atoms with Crippen LogP contribution < -0.4 is 29.2 Å². The van der Waals surface area contributed by atoms with E-state index in [1.54, 1.807) is 35.2 Å². The summed E-state index contributed by atoms with van der Waals surface area (Å²) in [4.78, 5) is 27.4. The summed E-state index contributed by atoms with van der Waals surface area (Å²) in [5, 5.41) is 2.87. The van der Waals surface area contributed by atoms with Gasteiger partial charge >= 0.3 is 0 Å². The van der Waals surface area contributed by atoms with Crippen LogP contribution in [0, 0.1) is 6.92 Å². The molecule has 1 N–H and O–H groups in total. The van der Waals surface area contributed by atoms with Crippen molar-refractivity contribution >= 4 is 23.2 Å². The van der Waals surface area contributed by atoms with Crippen molar-refractivity contribution < 1.29 is 28.5 Å². The number of ether oxygens (including phenoxy) is 4. The molecule has 0 spiro atoms. The Labute approximate surface area is 198 Å². The largest absolute Gasteiger partial charge is 0.493 e. The highest BCUT2D eigenvalue weighted by molar-refractivity contribution is 6.06. The fourth-order valence-corrected chi connectivity index (χ4v) is 3.83. The second-order valence-corrected chi connectivity index (χ2v) is 7.75. The van der Waals surface area contributed by atoms with Gasteiger partial charge in [0.2, 0.25) is 5.75 Å². The predicted octanol–water partition coefficient (Wildman–Crippen LogP) is 4.20. The highest BCUT2D eigenvalue weighted by Gasteiger charge is 2.27. The van der Waals surface area contributed by atoms with Gasteiger partial charge in [0, 0.05) is 11.3 Å². The molecule has 0 atom stereocenters. The third-order valence-corrected chi connectivity index (χ3v) is 5.68. The van der Waals surface area contributed by atoms with Crippen LogP contribution in [-0.4, -0.2) is 39.8 Å². The van der Waals surface area contributed by atoms with E-state index in [2.05, 4.69) is 5.32 Å². The Bertz CT molecular complexity index is 1210. The molecule has 0 saturated heterocycles. The minimum atomic E-state index is -0.368. The molecule has 34 heavy (non-hydrogen) atoms. The Balaban J connectivity index is 1.63. The first-order chi connectivity index (χ1) is 16.4. The van der Waals surface area contributed by atoms with Gasteiger partial charge in [0.15, 0.2) is 18.1 Å². The molecule has 0 unspecified atom stereocenters. The van der Waals surface area contributed by atoms with Crippen LogP contribution in [-0.2, 0) is 11.3 Å². The van der Waals surface area contributed by atoms with Gasteiger partial charge in [-0.1, -0.05) is 24.3 Å². The van der Waals surface area contributed by atoms with E-state index in [4.69, 9.17) is 18.9 Å². The van der Waals surface area contributed by atoms with E-state index in [1.807, 2.05) is 31.2 Å². The third kappa shape index (κ3) is 4.47. The zero-order valence-corrected chi connectivity index (χ0v) is 19.5. The van der Waals surface area contributed by atoms with Crippen LogP contribution >= 0.6 is 0 Å². The average Bonchev–Trinajstić information content (AvgIpc) is 2.85. The summed E-state index contributed by atoms with van der Waals surface area (Å²) in [7, 11) is 4.48. The summed E-state index contributed by atoms with van der Waals surface area (Å²) < 4.78 is 21.6. The summed E-state index contributed by atoms with van der Waals surface area (Å²) in [5.41, 5.74) is 3.58. The molecule has 1 aliphatic rings. The lowest BCUT2D eigenvalue weighted by atomic mass is 10.1. The van der Waals surface area contributed by atoms with E-state index in [1.165, 1.54) is 21.3 Å². The molecular formula is C26H26N2O6. The molecule has 8 heteroatoms. The minimum absolute atomic E-state index is 0.0317. The molecule has 176 valence electrons. The van der Waals surface area contributed by atoms with Gasteiger partial charge in [-0.3, -0.25) is 9.59 Å². The zero-order chi connectivity index (χ0) is 24.2. The van der Waals surface area contributed by atoms with Gasteiger partial charge in [-0.2, -0.15) is 0 Å². The van der Waals surface area contributed by atoms with Gasteiger partial charge in [0.25, 0.3) is 11.8 Å². The van der Waals surface area contributed by atoms with E-state index in [9.17, 15) is 9.59 Å². The maximum Gasteiger partial charge on any atom is 0.265 e. The molecular weight excluding hydrogens is 436 g/mol. The minimum Gasteiger partial charge on any atom is -0.493 e. The molecule has 3 aromatic rings. The standard InChI is InChI=1S/C26H26N2O6/c1-16-7-5-6-8-17(16)14-28-20-13-19(9-10-21(20)34-15-24(28)29)27-26(30)18-11-22(31-2)25(33-4)23(12-18)32-3/h5-13H,14-15H2,1-4H3,(H,27,30). The van der Waals surface area contributed by atoms with Gasteiger partial charge in [0.05, 0.1) is 33.6 Å². The van der Waals surface area contributed by atoms with E-state index in [0.29, 0.717) is 46.5 Å². The van der Waals surface area contributed by atoms with Gasteiger partial charge < -0.3 is 29.2 Å². The summed E-state index contributed by atoms with van der Waals surface area (Å²) >= 11 is 0. The molecule has 0 aliphatic carbocycles. The normalized spacial score (nSPS) is 12.5. The summed E-state index contributed by atoms with van der Waals surface area (Å²) in [6.07, 6.45) is 0. The number of aryl methyl sites for hydroxylation is 1. The number of amides is 2. The van der Waals surface area contributed by atoms with Crippen molar-refractivity contribution in [1.29, 1.82) is 0 Å². The Hall–Kier alpha value is -4.20. The van der Waals surface area contributed by atoms with Crippen molar-refractivity contribution in [2.75, 3.05) is 38.2 Å². The molecule has 1 aliphatic heterocycles. The number of carbonyl (C=O) groups excluding carboxylic acids is 2. The lowest BCUT2D eigenvalue weighted by Gasteiger charge is -2.30. The van der Waals surface area contributed by atoms with Crippen LogP contribution in [0.3, 0.4) is 0 Å². The maximum absolute atomic E-state index is 13.0. The number of carbonyl (C=O) groups is 2. The van der Waals surface area contributed by atoms with Crippen LogP contribution in [0.1, 0.15) is 21.5 Å². The van der Waals surface area contributed by atoms with Crippen LogP contribution in [0.4, 0.5) is 11.4 Å². The molecule has 8 nitrogen and oxygen atoms in total. The molecule has 0 radical (unpaired) electrons. The van der Waals surface area contributed by atoms with Crippen molar-refractivity contribution in [3.8, 4) is 23.0 Å². The van der Waals surface area contributed by atoms with Crippen LogP contribution in [0.15, 0.2) is 54.6 Å². The summed E-state index contributed by atoms with van der Waals surface area (Å²) in [5.74, 6) is 1.22. The van der Waals surface area contributed by atoms with E-state index in [0.717, 1.165) is 11.1 Å². The first-order valence-electron chi connectivity index (χ1n) is 10.7. The van der Waals surface area contributed by atoms with Gasteiger partial charge in [-0.05, 0) is 48.4 Å². The van der Waals surface area contributed by atoms with Gasteiger partial charge in [-0.25, -0.2) is 0 Å². The molecule has 0 aromatic heterocycles. The van der Waals surface area contributed by atoms with Crippen molar-refractivity contribution in [2.24, 2.45) is 0 Å². The zero-order valence-electron chi connectivity index (χ0n) is 19.5. The number of fused-ring (bicyclic) bond motifs is 1. The second kappa shape index (κ2) is 9.74. The topological polar surface area (TPSA) is 86.3 Å². The number of anilines is 2. The number of nitrogens with one attached hydrogen (secondary N) is 1. The number of rotatable bonds is 7. The number of benzene rings is 3. The fourth-order valence-electron chi connectivity index (χ4n) is 3.83. The van der Waals surface area contributed by atoms with Crippen LogP contribution in [0.2, 0.25) is 0 Å². The number of nitrogens with zero attached hydrogens (tertiary/aromatic N) is 1. The van der Waals surface area contributed by atoms with E-state index in [-0.39, 0.29) is 18.4 Å². The average molecular weight is 463 g/mol. The van der Waals surface area contributed by atoms with Crippen LogP contribution in [0.5, 0.6) is 23.0 Å². The fraction of sp³-hybridized carbons (Fsp3) is 0.231. The molecule has 0 saturated carbocycles. The van der Waals surface area contributed by atoms with Crippen molar-refractivity contribution in [2.45, 2.75) is 13.5 Å². The maximum atomic E-state index is 13.0. The first-order valence-corrected chi connectivity index (χ1v) is 10.7. The van der Waals surface area contributed by atoms with Gasteiger partial charge in [0.1, 0.15) is 5.75 Å². The molecule has 2 amide bonds. The highest BCUT2D eigenvalue weighted by atomic mass is 16.5. The quantitative estimate of drug-likeness (QED) is 0.566. The van der Waals surface area contributed by atoms with Gasteiger partial charge in [-0.15, -0.1) is 0 Å². The number of hydrogen-bond donors (Lipinski definition) is 1. The van der Waals surface area contributed by atoms with Crippen molar-refractivity contribution in [3.63, 3.8) is 0 Å². The third-order valence-electron chi connectivity index (χ3n) is 5.68. The van der Waals surface area contributed by atoms with E-state index >= 15 is 0 Å². The lowest BCUT2D eigenvalue weighted by molar-refractivity contribution is -0.121. The Morgan fingerprint density at radius 2 is 1.71 bits per heavy atom. The Kier molecular flexibility index (Phi) is 6.58. The highest BCUT2D eigenvalue weighted by Crippen LogP contribution is 2.39. The molecule has 0 bridgehead atoms. The number of hydrogen-bond acceptors (Lipinski definition) is 6. The monoisotopic (exact) mass is 462 g/mol. The Morgan fingerprint density at radius 1 is 1.00 bits per heavy atom. The van der Waals surface area contributed by atoms with Crippen molar-refractivity contribution in [3.05, 3.63) is 71.3 Å². The smallest absolute Gasteiger partial charge is 0.265 e. The Morgan fingerprint density at radius 3 is 2.35 bits per heavy atom. The SMILES string of the molecule is COc1cc(C(=O)Nc2ccc3c(c2)N(Cc2ccccc2C)C(=O)CO3)cc(OC)c1OC. The molecule has 4 rings (SSSR count). The lowest BCUT2D eigenvalue weighted by Crippen LogP contribution is -2.38.